The van der Waals surface area contributed by atoms with Crippen molar-refractivity contribution in [1.29, 1.82) is 0 Å². The number of hydrogen-bond acceptors (Lipinski definition) is 6. The molecule has 0 saturated carbocycles. The average Bonchev–Trinajstić information content (AvgIpc) is 2.66. The Morgan fingerprint density at radius 2 is 2.44 bits per heavy atom. The molecule has 0 saturated heterocycles. The minimum absolute atomic E-state index is 0.178. The van der Waals surface area contributed by atoms with Crippen molar-refractivity contribution >= 4 is 11.9 Å². The van der Waals surface area contributed by atoms with Crippen LogP contribution < -0.4 is 0 Å². The lowest BCUT2D eigenvalue weighted by atomic mass is 10.1. The minimum atomic E-state index is -1.52. The van der Waals surface area contributed by atoms with E-state index < -0.39 is 22.4 Å². The second-order valence-corrected chi connectivity index (χ2v) is 3.26. The van der Waals surface area contributed by atoms with Gasteiger partial charge in [0.05, 0.1) is 6.61 Å². The Morgan fingerprint density at radius 1 is 1.81 bits per heavy atom. The van der Waals surface area contributed by atoms with Gasteiger partial charge >= 0.3 is 11.9 Å². The SMILES string of the molecule is COCC(C)(C(=O)O)n1cnc([N+](=O)[O-])n1. The Labute approximate surface area is 89.8 Å². The normalized spacial score (nSPS) is 14.4. The second kappa shape index (κ2) is 4.23. The zero-order chi connectivity index (χ0) is 12.3. The van der Waals surface area contributed by atoms with Crippen molar-refractivity contribution < 1.29 is 19.6 Å². The largest absolute Gasteiger partial charge is 0.490 e. The highest BCUT2D eigenvalue weighted by atomic mass is 16.6. The van der Waals surface area contributed by atoms with Crippen molar-refractivity contribution in [3.8, 4) is 0 Å². The van der Waals surface area contributed by atoms with E-state index in [4.69, 9.17) is 9.84 Å². The molecule has 0 aliphatic rings. The summed E-state index contributed by atoms with van der Waals surface area (Å²) in [5, 5.41) is 22.9. The van der Waals surface area contributed by atoms with E-state index in [0.717, 1.165) is 11.0 Å². The molecule has 0 fully saturated rings. The number of carboxylic acids is 1. The number of carboxylic acid groups (broad SMARTS) is 1. The van der Waals surface area contributed by atoms with Crippen molar-refractivity contribution in [1.82, 2.24) is 14.8 Å². The van der Waals surface area contributed by atoms with Gasteiger partial charge in [0.25, 0.3) is 0 Å². The van der Waals surface area contributed by atoms with Gasteiger partial charge in [-0.1, -0.05) is 4.98 Å². The number of rotatable bonds is 5. The molecule has 0 radical (unpaired) electrons. The van der Waals surface area contributed by atoms with Gasteiger partial charge in [-0.05, 0) is 11.8 Å². The Balaban J connectivity index is 3.11. The van der Waals surface area contributed by atoms with Gasteiger partial charge in [-0.2, -0.15) is 4.68 Å². The van der Waals surface area contributed by atoms with E-state index in [1.165, 1.54) is 14.0 Å². The van der Waals surface area contributed by atoms with Gasteiger partial charge in [-0.3, -0.25) is 0 Å². The van der Waals surface area contributed by atoms with Crippen LogP contribution >= 0.6 is 0 Å². The summed E-state index contributed by atoms with van der Waals surface area (Å²) in [6.07, 6.45) is 0.991. The maximum absolute atomic E-state index is 11.1. The van der Waals surface area contributed by atoms with Crippen LogP contribution in [-0.2, 0) is 15.1 Å². The molecule has 0 aliphatic carbocycles. The molecule has 0 aromatic carbocycles. The third-order valence-corrected chi connectivity index (χ3v) is 2.03. The molecule has 0 bridgehead atoms. The van der Waals surface area contributed by atoms with Gasteiger partial charge in [0, 0.05) is 12.2 Å². The van der Waals surface area contributed by atoms with Crippen LogP contribution in [-0.4, -0.2) is 44.5 Å². The van der Waals surface area contributed by atoms with Crippen molar-refractivity contribution in [2.24, 2.45) is 0 Å². The van der Waals surface area contributed by atoms with Crippen LogP contribution in [0.5, 0.6) is 0 Å². The monoisotopic (exact) mass is 230 g/mol. The van der Waals surface area contributed by atoms with E-state index in [1.54, 1.807) is 0 Å². The summed E-state index contributed by atoms with van der Waals surface area (Å²) in [7, 11) is 1.33. The first kappa shape index (κ1) is 12.0. The molecule has 0 amide bonds. The number of carbonyl (C=O) groups is 1. The predicted molar refractivity (Wildman–Crippen MR) is 49.8 cm³/mol. The molecule has 1 rings (SSSR count). The first-order chi connectivity index (χ1) is 7.41. The van der Waals surface area contributed by atoms with E-state index >= 15 is 0 Å². The summed E-state index contributed by atoms with van der Waals surface area (Å²) in [5.74, 6) is -1.86. The van der Waals surface area contributed by atoms with Crippen LogP contribution in [0.25, 0.3) is 0 Å². The molecule has 1 unspecified atom stereocenters. The molecule has 88 valence electrons. The summed E-state index contributed by atoms with van der Waals surface area (Å²) >= 11 is 0. The smallest absolute Gasteiger partial charge is 0.479 e. The third-order valence-electron chi connectivity index (χ3n) is 2.03. The first-order valence-electron chi connectivity index (χ1n) is 4.20. The van der Waals surface area contributed by atoms with Crippen LogP contribution in [0.15, 0.2) is 6.33 Å². The lowest BCUT2D eigenvalue weighted by molar-refractivity contribution is -0.394. The molecule has 1 atom stereocenters. The van der Waals surface area contributed by atoms with Crippen LogP contribution in [0.4, 0.5) is 5.95 Å². The molecule has 0 aliphatic heterocycles. The molecule has 1 aromatic rings. The van der Waals surface area contributed by atoms with Crippen molar-refractivity contribution in [2.75, 3.05) is 13.7 Å². The first-order valence-corrected chi connectivity index (χ1v) is 4.20. The topological polar surface area (TPSA) is 120 Å². The van der Waals surface area contributed by atoms with E-state index in [0.29, 0.717) is 0 Å². The number of aromatic nitrogens is 3. The third kappa shape index (κ3) is 1.98. The molecular formula is C7H10N4O5. The number of hydrogen-bond donors (Lipinski definition) is 1. The van der Waals surface area contributed by atoms with Crippen molar-refractivity contribution in [3.63, 3.8) is 0 Å². The molecule has 16 heavy (non-hydrogen) atoms. The summed E-state index contributed by atoms with van der Waals surface area (Å²) in [6.45, 7) is 1.15. The van der Waals surface area contributed by atoms with E-state index in [2.05, 4.69) is 10.1 Å². The Kier molecular flexibility index (Phi) is 3.18. The zero-order valence-corrected chi connectivity index (χ0v) is 8.65. The van der Waals surface area contributed by atoms with Crippen molar-refractivity contribution in [3.05, 3.63) is 16.4 Å². The number of ether oxygens (including phenoxy) is 1. The van der Waals surface area contributed by atoms with Crippen LogP contribution in [0.2, 0.25) is 0 Å². The van der Waals surface area contributed by atoms with Crippen LogP contribution in [0, 0.1) is 10.1 Å². The Morgan fingerprint density at radius 3 is 2.81 bits per heavy atom. The lowest BCUT2D eigenvalue weighted by Crippen LogP contribution is -2.43. The predicted octanol–water partition coefficient (Wildman–Crippen LogP) is -0.368. The fourth-order valence-electron chi connectivity index (χ4n) is 1.08. The summed E-state index contributed by atoms with van der Waals surface area (Å²) < 4.78 is 5.65. The number of nitrogens with zero attached hydrogens (tertiary/aromatic N) is 4. The molecule has 1 N–H and O–H groups in total. The molecule has 1 heterocycles. The summed E-state index contributed by atoms with van der Waals surface area (Å²) in [5.41, 5.74) is -1.52. The highest BCUT2D eigenvalue weighted by Crippen LogP contribution is 2.16. The second-order valence-electron chi connectivity index (χ2n) is 3.26. The Bertz CT molecular complexity index is 417. The minimum Gasteiger partial charge on any atom is -0.479 e. The van der Waals surface area contributed by atoms with Crippen molar-refractivity contribution in [2.45, 2.75) is 12.5 Å². The van der Waals surface area contributed by atoms with E-state index in [-0.39, 0.29) is 6.61 Å². The van der Waals surface area contributed by atoms with Gasteiger partial charge in [-0.25, -0.2) is 4.79 Å². The maximum Gasteiger partial charge on any atom is 0.490 e. The van der Waals surface area contributed by atoms with Gasteiger partial charge in [0.15, 0.2) is 5.54 Å². The number of aliphatic carboxylic acids is 1. The van der Waals surface area contributed by atoms with Gasteiger partial charge in [0.1, 0.15) is 0 Å². The summed E-state index contributed by atoms with van der Waals surface area (Å²) in [6, 6.07) is 0. The molecule has 0 spiro atoms. The Hall–Kier alpha value is -2.03. The molecule has 1 aromatic heterocycles. The molecule has 9 nitrogen and oxygen atoms in total. The van der Waals surface area contributed by atoms with Crippen LogP contribution in [0.3, 0.4) is 0 Å². The maximum atomic E-state index is 11.1. The zero-order valence-electron chi connectivity index (χ0n) is 8.65. The van der Waals surface area contributed by atoms with Gasteiger partial charge < -0.3 is 20.0 Å². The number of nitro groups is 1. The van der Waals surface area contributed by atoms with Crippen LogP contribution in [0.1, 0.15) is 6.92 Å². The number of methoxy groups -OCH3 is 1. The highest BCUT2D eigenvalue weighted by molar-refractivity contribution is 5.76. The fraction of sp³-hybridized carbons (Fsp3) is 0.571. The standard InChI is InChI=1S/C7H10N4O5/c1-7(3-16-2,5(12)13)10-4-8-6(9-10)11(14)15/h4H,3H2,1-2H3,(H,12,13). The lowest BCUT2D eigenvalue weighted by Gasteiger charge is -2.20. The highest BCUT2D eigenvalue weighted by Gasteiger charge is 2.40. The van der Waals surface area contributed by atoms with Gasteiger partial charge in [0.2, 0.25) is 6.33 Å². The molecule has 9 heteroatoms. The quantitative estimate of drug-likeness (QED) is 0.541. The van der Waals surface area contributed by atoms with E-state index in [9.17, 15) is 14.9 Å². The summed E-state index contributed by atoms with van der Waals surface area (Å²) in [4.78, 5) is 24.0. The fourth-order valence-corrected chi connectivity index (χ4v) is 1.08. The van der Waals surface area contributed by atoms with E-state index in [1.807, 2.05) is 0 Å². The van der Waals surface area contributed by atoms with Gasteiger partial charge in [-0.15, -0.1) is 0 Å². The average molecular weight is 230 g/mol. The molecular weight excluding hydrogens is 220 g/mol.